The highest BCUT2D eigenvalue weighted by Crippen LogP contribution is 2.35. The number of hydrogen-bond donors (Lipinski definition) is 1. The molecule has 0 aromatic heterocycles. The highest BCUT2D eigenvalue weighted by Gasteiger charge is 2.18. The number of sulfone groups is 1. The molecule has 0 saturated heterocycles. The molecule has 0 radical (unpaired) electrons. The molecule has 230 valence electrons. The maximum atomic E-state index is 13.4. The monoisotopic (exact) mass is 728 g/mol. The van der Waals surface area contributed by atoms with Gasteiger partial charge in [0.25, 0.3) is 0 Å². The molecule has 0 bridgehead atoms. The van der Waals surface area contributed by atoms with Crippen LogP contribution in [-0.4, -0.2) is 14.7 Å². The van der Waals surface area contributed by atoms with E-state index in [1.54, 1.807) is 83.1 Å². The molecule has 0 aliphatic heterocycles. The first-order valence-electron chi connectivity index (χ1n) is 14.1. The van der Waals surface area contributed by atoms with Crippen molar-refractivity contribution < 1.29 is 8.42 Å². The number of thiol groups is 1. The van der Waals surface area contributed by atoms with Crippen LogP contribution in [0.5, 0.6) is 0 Å². The quantitative estimate of drug-likeness (QED) is 0.105. The molecule has 0 aliphatic carbocycles. The Morgan fingerprint density at radius 1 is 0.370 bits per heavy atom. The highest BCUT2D eigenvalue weighted by atomic mass is 32.2. The van der Waals surface area contributed by atoms with Crippen molar-refractivity contribution in [2.45, 2.75) is 58.7 Å². The summed E-state index contributed by atoms with van der Waals surface area (Å²) in [6.07, 6.45) is 2.08. The zero-order valence-corrected chi connectivity index (χ0v) is 30.4. The molecule has 6 aromatic carbocycles. The third-order valence-corrected chi connectivity index (χ3v) is 13.6. The average molecular weight is 729 g/mol. The van der Waals surface area contributed by atoms with Crippen molar-refractivity contribution in [3.8, 4) is 0 Å². The van der Waals surface area contributed by atoms with Gasteiger partial charge in [0, 0.05) is 49.0 Å². The number of thioether (sulfide) groups is 1. The molecule has 6 aromatic rings. The Morgan fingerprint density at radius 2 is 0.587 bits per heavy atom. The predicted molar refractivity (Wildman–Crippen MR) is 200 cm³/mol. The Balaban J connectivity index is 1.04. The average Bonchev–Trinajstić information content (AvgIpc) is 3.08. The summed E-state index contributed by atoms with van der Waals surface area (Å²) in [5.41, 5.74) is 0. The lowest BCUT2D eigenvalue weighted by molar-refractivity contribution is 0.596. The van der Waals surface area contributed by atoms with Crippen LogP contribution in [0, 0.1) is 0 Å². The van der Waals surface area contributed by atoms with Crippen LogP contribution in [-0.2, 0) is 9.84 Å². The fourth-order valence-electron chi connectivity index (χ4n) is 4.36. The lowest BCUT2D eigenvalue weighted by Gasteiger charge is -2.08. The van der Waals surface area contributed by atoms with E-state index in [2.05, 4.69) is 104 Å². The van der Waals surface area contributed by atoms with Gasteiger partial charge in [-0.3, -0.25) is 0 Å². The van der Waals surface area contributed by atoms with Gasteiger partial charge in [-0.25, -0.2) is 8.42 Å². The molecule has 0 spiro atoms. The van der Waals surface area contributed by atoms with Gasteiger partial charge in [0.05, 0.1) is 9.79 Å². The van der Waals surface area contributed by atoms with Gasteiger partial charge in [-0.05, 0) is 152 Å². The fraction of sp³-hybridized carbons (Fsp3) is 0.0270. The molecule has 0 fully saturated rings. The van der Waals surface area contributed by atoms with Crippen LogP contribution in [0.3, 0.4) is 0 Å². The van der Waals surface area contributed by atoms with Crippen molar-refractivity contribution >= 4 is 81.3 Å². The van der Waals surface area contributed by atoms with Crippen LogP contribution in [0.25, 0.3) is 0 Å². The van der Waals surface area contributed by atoms with Crippen LogP contribution < -0.4 is 0 Å². The summed E-state index contributed by atoms with van der Waals surface area (Å²) in [5, 5.41) is 0. The molecular formula is C37H28O2S7. The van der Waals surface area contributed by atoms with Crippen molar-refractivity contribution in [3.05, 3.63) is 146 Å². The zero-order valence-electron chi connectivity index (χ0n) is 24.6. The summed E-state index contributed by atoms with van der Waals surface area (Å²) in [6.45, 7) is 0. The highest BCUT2D eigenvalue weighted by molar-refractivity contribution is 8.00. The van der Waals surface area contributed by atoms with Gasteiger partial charge in [-0.15, -0.1) is 24.4 Å². The van der Waals surface area contributed by atoms with Gasteiger partial charge in [-0.2, -0.15) is 0 Å². The van der Waals surface area contributed by atoms with Crippen LogP contribution in [0.1, 0.15) is 0 Å². The summed E-state index contributed by atoms with van der Waals surface area (Å²) in [5.74, 6) is 0. The van der Waals surface area contributed by atoms with Gasteiger partial charge in [0.15, 0.2) is 0 Å². The predicted octanol–water partition coefficient (Wildman–Crippen LogP) is 12.1. The largest absolute Gasteiger partial charge is 0.219 e. The lowest BCUT2D eigenvalue weighted by Crippen LogP contribution is -2.01. The number of hydrogen-bond acceptors (Lipinski definition) is 8. The third kappa shape index (κ3) is 8.83. The summed E-state index contributed by atoms with van der Waals surface area (Å²) in [7, 11) is -3.63. The Morgan fingerprint density at radius 3 is 0.848 bits per heavy atom. The minimum absolute atomic E-state index is 0.285. The Kier molecular flexibility index (Phi) is 11.2. The Bertz CT molecular complexity index is 1990. The first-order valence-corrected chi connectivity index (χ1v) is 20.6. The van der Waals surface area contributed by atoms with Crippen LogP contribution >= 0.6 is 71.4 Å². The minimum atomic E-state index is -3.63. The van der Waals surface area contributed by atoms with E-state index in [1.807, 2.05) is 36.4 Å². The molecule has 0 amide bonds. The zero-order chi connectivity index (χ0) is 31.9. The van der Waals surface area contributed by atoms with Crippen molar-refractivity contribution in [3.63, 3.8) is 0 Å². The van der Waals surface area contributed by atoms with Crippen molar-refractivity contribution in [1.29, 1.82) is 0 Å². The molecule has 46 heavy (non-hydrogen) atoms. The van der Waals surface area contributed by atoms with E-state index in [0.717, 1.165) is 34.3 Å². The molecular weight excluding hydrogens is 701 g/mol. The van der Waals surface area contributed by atoms with Crippen LogP contribution in [0.15, 0.2) is 204 Å². The molecule has 9 heteroatoms. The van der Waals surface area contributed by atoms with E-state index in [-0.39, 0.29) is 9.79 Å². The van der Waals surface area contributed by atoms with Gasteiger partial charge in [-0.1, -0.05) is 47.0 Å². The van der Waals surface area contributed by atoms with E-state index in [4.69, 9.17) is 0 Å². The fourth-order valence-corrected chi connectivity index (χ4v) is 9.45. The van der Waals surface area contributed by atoms with Crippen LogP contribution in [0.2, 0.25) is 0 Å². The topological polar surface area (TPSA) is 34.1 Å². The van der Waals surface area contributed by atoms with Crippen molar-refractivity contribution in [2.75, 3.05) is 6.26 Å². The molecule has 0 atom stereocenters. The van der Waals surface area contributed by atoms with Gasteiger partial charge < -0.3 is 0 Å². The maximum absolute atomic E-state index is 13.4. The molecule has 2 nitrogen and oxygen atoms in total. The molecule has 6 rings (SSSR count). The first-order chi connectivity index (χ1) is 22.3. The van der Waals surface area contributed by atoms with E-state index in [1.165, 1.54) is 14.7 Å². The summed E-state index contributed by atoms with van der Waals surface area (Å²) < 4.78 is 26.8. The number of rotatable bonds is 11. The van der Waals surface area contributed by atoms with Gasteiger partial charge in [0.2, 0.25) is 9.84 Å². The Labute approximate surface area is 297 Å². The molecule has 0 saturated carbocycles. The number of benzene rings is 6. The first kappa shape index (κ1) is 33.3. The molecule has 0 unspecified atom stereocenters. The normalized spacial score (nSPS) is 11.4. The van der Waals surface area contributed by atoms with E-state index < -0.39 is 9.84 Å². The summed E-state index contributed by atoms with van der Waals surface area (Å²) in [4.78, 5) is 11.6. The maximum Gasteiger partial charge on any atom is 0.206 e. The van der Waals surface area contributed by atoms with Gasteiger partial charge >= 0.3 is 0 Å². The summed E-state index contributed by atoms with van der Waals surface area (Å²) in [6, 6.07) is 47.7. The minimum Gasteiger partial charge on any atom is -0.219 e. The second-order valence-corrected chi connectivity index (χ2v) is 17.9. The van der Waals surface area contributed by atoms with Gasteiger partial charge in [0.1, 0.15) is 0 Å². The summed E-state index contributed by atoms with van der Waals surface area (Å²) >= 11 is 12.7. The third-order valence-electron chi connectivity index (χ3n) is 6.75. The SMILES string of the molecule is CSc1ccc(Sc2ccc(Sc3ccc(S(=O)(=O)c4ccc(Sc5ccc(Sc6ccc(S)cc6)cc5)cc4)cc3)cc2)cc1. The molecule has 0 heterocycles. The molecule has 0 aliphatic rings. The second-order valence-electron chi connectivity index (χ2n) is 9.97. The van der Waals surface area contributed by atoms with E-state index in [0.29, 0.717) is 0 Å². The Hall–Kier alpha value is -2.63. The van der Waals surface area contributed by atoms with Crippen molar-refractivity contribution in [1.82, 2.24) is 0 Å². The van der Waals surface area contributed by atoms with E-state index in [9.17, 15) is 8.42 Å². The van der Waals surface area contributed by atoms with Crippen molar-refractivity contribution in [2.24, 2.45) is 0 Å². The lowest BCUT2D eigenvalue weighted by atomic mass is 10.3. The molecule has 0 N–H and O–H groups in total. The second kappa shape index (κ2) is 15.5. The smallest absolute Gasteiger partial charge is 0.206 e. The van der Waals surface area contributed by atoms with Crippen LogP contribution in [0.4, 0.5) is 0 Å². The van der Waals surface area contributed by atoms with E-state index >= 15 is 0 Å². The standard InChI is InChI=1S/C37H28O2S7/c1-41-27-6-8-29(9-7-27)43-31-12-16-33(17-13-31)45-35-20-24-37(25-21-35)46(38,39)36-22-18-34(19-23-36)44-32-14-10-30(11-15-32)42-28-4-2-26(40)3-5-28/h2-25,40H,1H3.